The van der Waals surface area contributed by atoms with E-state index in [2.05, 4.69) is 0 Å². The normalized spacial score (nSPS) is 10.3. The Labute approximate surface area is 110 Å². The Bertz CT molecular complexity index is 591. The number of benzene rings is 2. The van der Waals surface area contributed by atoms with E-state index in [9.17, 15) is 9.18 Å². The summed E-state index contributed by atoms with van der Waals surface area (Å²) in [7, 11) is 1.52. The molecule has 3 nitrogen and oxygen atoms in total. The van der Waals surface area contributed by atoms with Gasteiger partial charge in [0.05, 0.1) is 7.11 Å². The molecule has 2 aromatic carbocycles. The third kappa shape index (κ3) is 2.80. The van der Waals surface area contributed by atoms with E-state index in [4.69, 9.17) is 9.84 Å². The maximum absolute atomic E-state index is 12.9. The molecule has 0 saturated carbocycles. The average Bonchev–Trinajstić information content (AvgIpc) is 2.46. The lowest BCUT2D eigenvalue weighted by atomic mass is 10.0. The van der Waals surface area contributed by atoms with Gasteiger partial charge < -0.3 is 9.84 Å². The predicted molar refractivity (Wildman–Crippen MR) is 69.8 cm³/mol. The molecule has 0 aliphatic carbocycles. The fourth-order valence-electron chi connectivity index (χ4n) is 1.83. The van der Waals surface area contributed by atoms with Gasteiger partial charge in [0, 0.05) is 11.1 Å². The molecular weight excluding hydrogens is 247 g/mol. The SMILES string of the molecule is COc1ccc(C(=O)CO)cc1-c1ccc(F)cc1. The van der Waals surface area contributed by atoms with Gasteiger partial charge in [0.25, 0.3) is 0 Å². The summed E-state index contributed by atoms with van der Waals surface area (Å²) in [6.07, 6.45) is 0. The zero-order chi connectivity index (χ0) is 13.8. The van der Waals surface area contributed by atoms with Gasteiger partial charge >= 0.3 is 0 Å². The molecule has 0 saturated heterocycles. The van der Waals surface area contributed by atoms with E-state index >= 15 is 0 Å². The highest BCUT2D eigenvalue weighted by atomic mass is 19.1. The third-order valence-corrected chi connectivity index (χ3v) is 2.82. The number of aliphatic hydroxyl groups excluding tert-OH is 1. The molecule has 98 valence electrons. The highest BCUT2D eigenvalue weighted by Gasteiger charge is 2.11. The van der Waals surface area contributed by atoms with Gasteiger partial charge in [-0.05, 0) is 35.9 Å². The predicted octanol–water partition coefficient (Wildman–Crippen LogP) is 2.68. The molecule has 0 fully saturated rings. The Kier molecular flexibility index (Phi) is 3.92. The quantitative estimate of drug-likeness (QED) is 0.860. The van der Waals surface area contributed by atoms with Crippen LogP contribution in [0, 0.1) is 5.82 Å². The average molecular weight is 260 g/mol. The molecule has 0 aromatic heterocycles. The lowest BCUT2D eigenvalue weighted by Gasteiger charge is -2.10. The van der Waals surface area contributed by atoms with Crippen LogP contribution >= 0.6 is 0 Å². The second-order valence-electron chi connectivity index (χ2n) is 4.00. The largest absolute Gasteiger partial charge is 0.496 e. The topological polar surface area (TPSA) is 46.5 Å². The number of rotatable bonds is 4. The maximum atomic E-state index is 12.9. The van der Waals surface area contributed by atoms with E-state index in [1.807, 2.05) is 0 Å². The Morgan fingerprint density at radius 2 is 1.89 bits per heavy atom. The monoisotopic (exact) mass is 260 g/mol. The van der Waals surface area contributed by atoms with Crippen LogP contribution in [0.5, 0.6) is 5.75 Å². The van der Waals surface area contributed by atoms with E-state index in [1.165, 1.54) is 19.2 Å². The summed E-state index contributed by atoms with van der Waals surface area (Å²) in [6.45, 7) is -0.546. The minimum atomic E-state index is -0.546. The number of Topliss-reactive ketones (excluding diaryl/α,β-unsaturated/α-hetero) is 1. The van der Waals surface area contributed by atoms with Crippen LogP contribution in [0.2, 0.25) is 0 Å². The van der Waals surface area contributed by atoms with E-state index in [0.717, 1.165) is 5.56 Å². The van der Waals surface area contributed by atoms with Crippen molar-refractivity contribution < 1.29 is 19.0 Å². The van der Waals surface area contributed by atoms with Gasteiger partial charge in [-0.2, -0.15) is 0 Å². The van der Waals surface area contributed by atoms with E-state index in [0.29, 0.717) is 16.9 Å². The molecule has 4 heteroatoms. The highest BCUT2D eigenvalue weighted by molar-refractivity contribution is 5.98. The number of aliphatic hydroxyl groups is 1. The van der Waals surface area contributed by atoms with Crippen LogP contribution in [-0.2, 0) is 0 Å². The highest BCUT2D eigenvalue weighted by Crippen LogP contribution is 2.31. The molecular formula is C15H13FO3. The molecule has 0 aliphatic heterocycles. The number of ketones is 1. The van der Waals surface area contributed by atoms with Gasteiger partial charge in [-0.3, -0.25) is 4.79 Å². The molecule has 0 radical (unpaired) electrons. The fourth-order valence-corrected chi connectivity index (χ4v) is 1.83. The maximum Gasteiger partial charge on any atom is 0.188 e. The van der Waals surface area contributed by atoms with Crippen LogP contribution in [0.25, 0.3) is 11.1 Å². The molecule has 0 spiro atoms. The second-order valence-corrected chi connectivity index (χ2v) is 4.00. The Balaban J connectivity index is 2.52. The molecule has 0 unspecified atom stereocenters. The summed E-state index contributed by atoms with van der Waals surface area (Å²) >= 11 is 0. The summed E-state index contributed by atoms with van der Waals surface area (Å²) in [5, 5.41) is 8.88. The summed E-state index contributed by atoms with van der Waals surface area (Å²) < 4.78 is 18.2. The summed E-state index contributed by atoms with van der Waals surface area (Å²) in [6, 6.07) is 10.8. The minimum Gasteiger partial charge on any atom is -0.496 e. The zero-order valence-corrected chi connectivity index (χ0v) is 10.4. The van der Waals surface area contributed by atoms with Crippen molar-refractivity contribution in [3.8, 4) is 16.9 Å². The molecule has 0 bridgehead atoms. The Morgan fingerprint density at radius 1 is 1.21 bits per heavy atom. The van der Waals surface area contributed by atoms with Crippen LogP contribution in [0.4, 0.5) is 4.39 Å². The smallest absolute Gasteiger partial charge is 0.188 e. The van der Waals surface area contributed by atoms with Crippen molar-refractivity contribution in [2.24, 2.45) is 0 Å². The van der Waals surface area contributed by atoms with Gasteiger partial charge in [0.1, 0.15) is 18.2 Å². The van der Waals surface area contributed by atoms with Gasteiger partial charge in [-0.25, -0.2) is 4.39 Å². The van der Waals surface area contributed by atoms with Crippen LogP contribution in [0.3, 0.4) is 0 Å². The molecule has 2 rings (SSSR count). The zero-order valence-electron chi connectivity index (χ0n) is 10.4. The van der Waals surface area contributed by atoms with Gasteiger partial charge in [-0.1, -0.05) is 12.1 Å². The van der Waals surface area contributed by atoms with Crippen LogP contribution in [-0.4, -0.2) is 24.6 Å². The number of carbonyl (C=O) groups excluding carboxylic acids is 1. The van der Waals surface area contributed by atoms with Crippen LogP contribution < -0.4 is 4.74 Å². The lowest BCUT2D eigenvalue weighted by Crippen LogP contribution is -2.04. The standard InChI is InChI=1S/C15H13FO3/c1-19-15-7-4-11(14(18)9-17)8-13(15)10-2-5-12(16)6-3-10/h2-8,17H,9H2,1H3. The number of halogens is 1. The van der Waals surface area contributed by atoms with E-state index in [1.54, 1.807) is 30.3 Å². The molecule has 2 aromatic rings. The molecule has 0 heterocycles. The molecule has 1 N–H and O–H groups in total. The first-order valence-corrected chi connectivity index (χ1v) is 5.73. The van der Waals surface area contributed by atoms with Crippen molar-refractivity contribution in [3.63, 3.8) is 0 Å². The van der Waals surface area contributed by atoms with Crippen molar-refractivity contribution in [2.45, 2.75) is 0 Å². The van der Waals surface area contributed by atoms with Crippen molar-refractivity contribution >= 4 is 5.78 Å². The first-order valence-electron chi connectivity index (χ1n) is 5.73. The van der Waals surface area contributed by atoms with E-state index in [-0.39, 0.29) is 11.6 Å². The Hall–Kier alpha value is -2.20. The van der Waals surface area contributed by atoms with Crippen molar-refractivity contribution in [3.05, 3.63) is 53.8 Å². The minimum absolute atomic E-state index is 0.328. The molecule has 0 atom stereocenters. The summed E-state index contributed by atoms with van der Waals surface area (Å²) in [5.41, 5.74) is 1.82. The van der Waals surface area contributed by atoms with Gasteiger partial charge in [0.2, 0.25) is 0 Å². The summed E-state index contributed by atoms with van der Waals surface area (Å²) in [4.78, 5) is 11.5. The number of ether oxygens (including phenoxy) is 1. The molecule has 19 heavy (non-hydrogen) atoms. The van der Waals surface area contributed by atoms with Crippen LogP contribution in [0.1, 0.15) is 10.4 Å². The third-order valence-electron chi connectivity index (χ3n) is 2.82. The van der Waals surface area contributed by atoms with Crippen molar-refractivity contribution in [1.29, 1.82) is 0 Å². The lowest BCUT2D eigenvalue weighted by molar-refractivity contribution is 0.0904. The Morgan fingerprint density at radius 3 is 2.47 bits per heavy atom. The number of hydrogen-bond acceptors (Lipinski definition) is 3. The number of hydrogen-bond donors (Lipinski definition) is 1. The van der Waals surface area contributed by atoms with Gasteiger partial charge in [-0.15, -0.1) is 0 Å². The van der Waals surface area contributed by atoms with E-state index < -0.39 is 6.61 Å². The first-order chi connectivity index (χ1) is 9.15. The molecule has 0 amide bonds. The van der Waals surface area contributed by atoms with Crippen molar-refractivity contribution in [2.75, 3.05) is 13.7 Å². The summed E-state index contributed by atoms with van der Waals surface area (Å²) in [5.74, 6) is -0.114. The second kappa shape index (κ2) is 5.63. The fraction of sp³-hybridized carbons (Fsp3) is 0.133. The number of methoxy groups -OCH3 is 1. The first kappa shape index (κ1) is 13.2. The van der Waals surface area contributed by atoms with Crippen LogP contribution in [0.15, 0.2) is 42.5 Å². The number of carbonyl (C=O) groups is 1. The van der Waals surface area contributed by atoms with Crippen molar-refractivity contribution in [1.82, 2.24) is 0 Å². The molecule has 0 aliphatic rings. The van der Waals surface area contributed by atoms with Gasteiger partial charge in [0.15, 0.2) is 5.78 Å².